The van der Waals surface area contributed by atoms with Crippen molar-refractivity contribution in [3.05, 3.63) is 23.7 Å². The topological polar surface area (TPSA) is 79.6 Å². The Labute approximate surface area is 112 Å². The summed E-state index contributed by atoms with van der Waals surface area (Å²) in [7, 11) is -3.33. The first kappa shape index (κ1) is 14.1. The Balaban J connectivity index is 2.07. The molecule has 0 aromatic carbocycles. The minimum absolute atomic E-state index is 0.217. The van der Waals surface area contributed by atoms with E-state index in [0.29, 0.717) is 25.3 Å². The number of hydrogen-bond donors (Lipinski definition) is 1. The molecule has 0 radical (unpaired) electrons. The number of furan rings is 1. The third-order valence-electron chi connectivity index (χ3n) is 3.27. The maximum Gasteiger partial charge on any atom is 0.289 e. The van der Waals surface area contributed by atoms with Gasteiger partial charge >= 0.3 is 0 Å². The molecule has 7 heteroatoms. The molecule has 1 saturated heterocycles. The Morgan fingerprint density at radius 2 is 2.32 bits per heavy atom. The van der Waals surface area contributed by atoms with Gasteiger partial charge in [-0.1, -0.05) is 6.92 Å². The summed E-state index contributed by atoms with van der Waals surface area (Å²) < 4.78 is 31.4. The highest BCUT2D eigenvalue weighted by Crippen LogP contribution is 2.20. The number of amides is 1. The molecule has 1 aliphatic heterocycles. The second-order valence-electron chi connectivity index (χ2n) is 4.64. The third kappa shape index (κ3) is 2.82. The highest BCUT2D eigenvalue weighted by Gasteiger charge is 2.36. The fourth-order valence-electron chi connectivity index (χ4n) is 2.22. The van der Waals surface area contributed by atoms with Crippen LogP contribution in [0.4, 0.5) is 0 Å². The molecular formula is C12H18N2O4S. The minimum Gasteiger partial charge on any atom is -0.459 e. The molecule has 1 aromatic rings. The van der Waals surface area contributed by atoms with Crippen molar-refractivity contribution < 1.29 is 17.6 Å². The van der Waals surface area contributed by atoms with Crippen LogP contribution in [0, 0.1) is 6.92 Å². The molecule has 1 amide bonds. The monoisotopic (exact) mass is 286 g/mol. The molecule has 6 nitrogen and oxygen atoms in total. The van der Waals surface area contributed by atoms with Crippen LogP contribution in [-0.2, 0) is 10.0 Å². The summed E-state index contributed by atoms with van der Waals surface area (Å²) in [6.07, 6.45) is 1.92. The van der Waals surface area contributed by atoms with Gasteiger partial charge in [-0.15, -0.1) is 0 Å². The van der Waals surface area contributed by atoms with Gasteiger partial charge in [0.05, 0.1) is 11.5 Å². The van der Waals surface area contributed by atoms with E-state index in [1.807, 2.05) is 0 Å². The van der Waals surface area contributed by atoms with E-state index in [1.54, 1.807) is 19.9 Å². The van der Waals surface area contributed by atoms with E-state index >= 15 is 0 Å². The molecule has 1 N–H and O–H groups in total. The molecule has 2 rings (SSSR count). The predicted octanol–water partition coefficient (Wildman–Crippen LogP) is 0.742. The fraction of sp³-hybridized carbons (Fsp3) is 0.583. The molecule has 1 aromatic heterocycles. The molecule has 1 aliphatic rings. The molecule has 106 valence electrons. The van der Waals surface area contributed by atoms with Crippen molar-refractivity contribution in [3.63, 3.8) is 0 Å². The molecular weight excluding hydrogens is 268 g/mol. The van der Waals surface area contributed by atoms with E-state index in [4.69, 9.17) is 4.42 Å². The van der Waals surface area contributed by atoms with E-state index in [-0.39, 0.29) is 12.5 Å². The number of aryl methyl sites for hydroxylation is 1. The van der Waals surface area contributed by atoms with Crippen molar-refractivity contribution in [2.75, 3.05) is 19.6 Å². The molecule has 0 spiro atoms. The molecule has 0 bridgehead atoms. The summed E-state index contributed by atoms with van der Waals surface area (Å²) in [6, 6.07) is 1.72. The number of carbonyl (C=O) groups is 1. The Morgan fingerprint density at radius 1 is 1.58 bits per heavy atom. The van der Waals surface area contributed by atoms with E-state index in [2.05, 4.69) is 4.72 Å². The van der Waals surface area contributed by atoms with Crippen LogP contribution in [0.5, 0.6) is 0 Å². The van der Waals surface area contributed by atoms with Crippen molar-refractivity contribution in [2.45, 2.75) is 25.5 Å². The van der Waals surface area contributed by atoms with Gasteiger partial charge in [0, 0.05) is 25.2 Å². The quantitative estimate of drug-likeness (QED) is 0.885. The van der Waals surface area contributed by atoms with E-state index in [0.717, 1.165) is 5.56 Å². The number of hydrogen-bond acceptors (Lipinski definition) is 4. The molecule has 1 atom stereocenters. The van der Waals surface area contributed by atoms with Gasteiger partial charge < -0.3 is 9.32 Å². The lowest BCUT2D eigenvalue weighted by molar-refractivity contribution is 0.0760. The Bertz CT molecular complexity index is 564. The third-order valence-corrected chi connectivity index (χ3v) is 5.23. The zero-order valence-corrected chi connectivity index (χ0v) is 11.9. The highest BCUT2D eigenvalue weighted by molar-refractivity contribution is 7.90. The molecule has 1 fully saturated rings. The Hall–Kier alpha value is -1.34. The maximum absolute atomic E-state index is 12.2. The lowest BCUT2D eigenvalue weighted by Gasteiger charge is -2.15. The number of rotatable bonds is 4. The van der Waals surface area contributed by atoms with Crippen LogP contribution in [0.25, 0.3) is 0 Å². The largest absolute Gasteiger partial charge is 0.459 e. The second kappa shape index (κ2) is 5.34. The first-order chi connectivity index (χ1) is 8.95. The van der Waals surface area contributed by atoms with Gasteiger partial charge in [0.15, 0.2) is 5.76 Å². The number of nitrogens with zero attached hydrogens (tertiary/aromatic N) is 1. The summed E-state index contributed by atoms with van der Waals surface area (Å²) in [5, 5.41) is -0.535. The average molecular weight is 286 g/mol. The fourth-order valence-corrected chi connectivity index (χ4v) is 3.65. The predicted molar refractivity (Wildman–Crippen MR) is 70.4 cm³/mol. The summed E-state index contributed by atoms with van der Waals surface area (Å²) >= 11 is 0. The second-order valence-corrected chi connectivity index (χ2v) is 6.68. The number of nitrogens with one attached hydrogen (secondary N) is 1. The van der Waals surface area contributed by atoms with Crippen molar-refractivity contribution >= 4 is 15.9 Å². The first-order valence-corrected chi connectivity index (χ1v) is 7.82. The van der Waals surface area contributed by atoms with Crippen LogP contribution < -0.4 is 4.72 Å². The van der Waals surface area contributed by atoms with E-state index in [9.17, 15) is 13.2 Å². The summed E-state index contributed by atoms with van der Waals surface area (Å²) in [4.78, 5) is 13.7. The molecule has 0 unspecified atom stereocenters. The first-order valence-electron chi connectivity index (χ1n) is 6.27. The van der Waals surface area contributed by atoms with Gasteiger partial charge in [0.25, 0.3) is 5.91 Å². The molecule has 19 heavy (non-hydrogen) atoms. The van der Waals surface area contributed by atoms with Crippen LogP contribution in [0.15, 0.2) is 16.7 Å². The Morgan fingerprint density at radius 3 is 2.89 bits per heavy atom. The molecule has 2 heterocycles. The normalized spacial score (nSPS) is 19.9. The number of likely N-dealkylation sites (tertiary alicyclic amines) is 1. The lowest BCUT2D eigenvalue weighted by Crippen LogP contribution is -2.37. The number of carbonyl (C=O) groups excluding carboxylic acids is 1. The Kier molecular flexibility index (Phi) is 3.96. The van der Waals surface area contributed by atoms with Gasteiger partial charge in [-0.05, 0) is 19.4 Å². The van der Waals surface area contributed by atoms with Crippen LogP contribution >= 0.6 is 0 Å². The smallest absolute Gasteiger partial charge is 0.289 e. The highest BCUT2D eigenvalue weighted by atomic mass is 32.2. The average Bonchev–Trinajstić information content (AvgIpc) is 2.96. The number of sulfonamides is 1. The van der Waals surface area contributed by atoms with E-state index in [1.165, 1.54) is 11.2 Å². The zero-order chi connectivity index (χ0) is 14.0. The molecule has 0 aliphatic carbocycles. The van der Waals surface area contributed by atoms with Gasteiger partial charge in [0.2, 0.25) is 10.0 Å². The van der Waals surface area contributed by atoms with Crippen LogP contribution in [0.2, 0.25) is 0 Å². The lowest BCUT2D eigenvalue weighted by atomic mass is 10.2. The van der Waals surface area contributed by atoms with Crippen LogP contribution in [0.1, 0.15) is 29.5 Å². The standard InChI is InChI=1S/C12H18N2O4S/c1-3-13-19(16,17)10-4-6-14(8-10)12(15)11-9(2)5-7-18-11/h5,7,10,13H,3-4,6,8H2,1-2H3/t10-/m1/s1. The maximum atomic E-state index is 12.2. The van der Waals surface area contributed by atoms with Gasteiger partial charge in [-0.3, -0.25) is 4.79 Å². The van der Waals surface area contributed by atoms with Crippen LogP contribution in [-0.4, -0.2) is 44.1 Å². The zero-order valence-electron chi connectivity index (χ0n) is 11.0. The van der Waals surface area contributed by atoms with Gasteiger partial charge in [-0.2, -0.15) is 0 Å². The summed E-state index contributed by atoms with van der Waals surface area (Å²) in [5.74, 6) is 0.0539. The minimum atomic E-state index is -3.33. The van der Waals surface area contributed by atoms with Gasteiger partial charge in [-0.25, -0.2) is 13.1 Å². The van der Waals surface area contributed by atoms with Crippen molar-refractivity contribution in [1.29, 1.82) is 0 Å². The SMILES string of the molecule is CCNS(=O)(=O)[C@@H]1CCN(C(=O)c2occc2C)C1. The summed E-state index contributed by atoms with van der Waals surface area (Å²) in [5.41, 5.74) is 0.767. The van der Waals surface area contributed by atoms with Crippen LogP contribution in [0.3, 0.4) is 0 Å². The van der Waals surface area contributed by atoms with Crippen molar-refractivity contribution in [2.24, 2.45) is 0 Å². The van der Waals surface area contributed by atoms with Crippen molar-refractivity contribution in [3.8, 4) is 0 Å². The molecule has 0 saturated carbocycles. The summed E-state index contributed by atoms with van der Waals surface area (Å²) in [6.45, 7) is 4.55. The van der Waals surface area contributed by atoms with Gasteiger partial charge in [0.1, 0.15) is 0 Å². The van der Waals surface area contributed by atoms with E-state index < -0.39 is 15.3 Å². The van der Waals surface area contributed by atoms with Crippen molar-refractivity contribution in [1.82, 2.24) is 9.62 Å².